The van der Waals surface area contributed by atoms with E-state index in [1.807, 2.05) is 20.1 Å². The van der Waals surface area contributed by atoms with Gasteiger partial charge in [0.25, 0.3) is 0 Å². The Bertz CT molecular complexity index is 852. The number of benzene rings is 1. The Morgan fingerprint density at radius 1 is 1.21 bits per heavy atom. The molecule has 5 nitrogen and oxygen atoms in total. The molecule has 3 aliphatic carbocycles. The van der Waals surface area contributed by atoms with Crippen LogP contribution in [0.25, 0.3) is 0 Å². The second-order valence-corrected chi connectivity index (χ2v) is 10.4. The van der Waals surface area contributed by atoms with Gasteiger partial charge in [0.1, 0.15) is 5.75 Å². The predicted molar refractivity (Wildman–Crippen MR) is 110 cm³/mol. The summed E-state index contributed by atoms with van der Waals surface area (Å²) < 4.78 is 33.9. The smallest absolute Gasteiger partial charge is 0.380 e. The third-order valence-electron chi connectivity index (χ3n) is 7.93. The quantitative estimate of drug-likeness (QED) is 0.815. The number of aryl methyl sites for hydroxylation is 2. The second-order valence-electron chi connectivity index (χ2n) is 9.20. The molecule has 0 radical (unpaired) electrons. The third kappa shape index (κ3) is 3.37. The van der Waals surface area contributed by atoms with Gasteiger partial charge in [0, 0.05) is 7.11 Å². The lowest BCUT2D eigenvalue weighted by atomic mass is 9.50. The minimum Gasteiger partial charge on any atom is -0.381 e. The van der Waals surface area contributed by atoms with Crippen LogP contribution in [0, 0.1) is 17.3 Å². The molecule has 4 rings (SSSR count). The first-order chi connectivity index (χ1) is 13.3. The molecule has 2 saturated carbocycles. The Morgan fingerprint density at radius 2 is 2.00 bits per heavy atom. The van der Waals surface area contributed by atoms with Gasteiger partial charge < -0.3 is 8.92 Å². The summed E-state index contributed by atoms with van der Waals surface area (Å²) in [5.74, 6) is 2.37. The van der Waals surface area contributed by atoms with Gasteiger partial charge in [-0.25, -0.2) is 0 Å². The number of rotatable bonds is 4. The molecule has 6 heteroatoms. The topological polar surface area (TPSA) is 78.6 Å². The van der Waals surface area contributed by atoms with Gasteiger partial charge in [0.2, 0.25) is 0 Å². The van der Waals surface area contributed by atoms with Crippen molar-refractivity contribution in [3.63, 3.8) is 0 Å². The van der Waals surface area contributed by atoms with E-state index < -0.39 is 10.3 Å². The van der Waals surface area contributed by atoms with Crippen molar-refractivity contribution in [2.75, 3.05) is 7.11 Å². The standard InChI is InChI=1S/C22H33NO4S/c1-4-14-12-18-15(13-20(14)27-28(23,24)25)8-9-17-16(18)10-11-22(2)19(17)6-5-7-21(22)26-3/h12-13,16-17,19,21H,4-11H2,1-3H3,(H2,23,24,25)/t16?,17?,19?,21-,22-/m0/s1. The zero-order chi connectivity index (χ0) is 20.1. The van der Waals surface area contributed by atoms with Crippen LogP contribution in [-0.2, 0) is 27.9 Å². The lowest BCUT2D eigenvalue weighted by Crippen LogP contribution is -2.51. The van der Waals surface area contributed by atoms with Crippen molar-refractivity contribution in [1.29, 1.82) is 0 Å². The average molecular weight is 408 g/mol. The predicted octanol–water partition coefficient (Wildman–Crippen LogP) is 4.09. The van der Waals surface area contributed by atoms with Crippen LogP contribution >= 0.6 is 0 Å². The van der Waals surface area contributed by atoms with Gasteiger partial charge in [-0.05, 0) is 90.9 Å². The molecule has 0 amide bonds. The van der Waals surface area contributed by atoms with E-state index in [0.29, 0.717) is 29.6 Å². The van der Waals surface area contributed by atoms with Crippen LogP contribution in [0.2, 0.25) is 0 Å². The molecule has 156 valence electrons. The van der Waals surface area contributed by atoms with E-state index in [4.69, 9.17) is 14.1 Å². The van der Waals surface area contributed by atoms with Gasteiger partial charge in [-0.1, -0.05) is 26.3 Å². The molecule has 1 aromatic carbocycles. The summed E-state index contributed by atoms with van der Waals surface area (Å²) >= 11 is 0. The molecule has 0 bridgehead atoms. The number of methoxy groups -OCH3 is 1. The first kappa shape index (κ1) is 20.2. The van der Waals surface area contributed by atoms with Crippen LogP contribution in [0.3, 0.4) is 0 Å². The zero-order valence-corrected chi connectivity index (χ0v) is 18.1. The van der Waals surface area contributed by atoms with Crippen LogP contribution in [0.15, 0.2) is 12.1 Å². The summed E-state index contributed by atoms with van der Waals surface area (Å²) in [5.41, 5.74) is 3.87. The fourth-order valence-electron chi connectivity index (χ4n) is 6.66. The maximum atomic E-state index is 11.5. The first-order valence-electron chi connectivity index (χ1n) is 10.7. The van der Waals surface area contributed by atoms with Crippen molar-refractivity contribution >= 4 is 10.3 Å². The highest BCUT2D eigenvalue weighted by Crippen LogP contribution is 2.60. The van der Waals surface area contributed by atoms with Crippen molar-refractivity contribution in [3.05, 3.63) is 28.8 Å². The summed E-state index contributed by atoms with van der Waals surface area (Å²) in [6.07, 6.45) is 9.38. The van der Waals surface area contributed by atoms with Crippen LogP contribution in [0.1, 0.15) is 75.0 Å². The minimum absolute atomic E-state index is 0.288. The largest absolute Gasteiger partial charge is 0.381 e. The summed E-state index contributed by atoms with van der Waals surface area (Å²) in [7, 11) is -2.13. The summed E-state index contributed by atoms with van der Waals surface area (Å²) in [6.45, 7) is 4.48. The average Bonchev–Trinajstić information content (AvgIpc) is 2.64. The van der Waals surface area contributed by atoms with Crippen LogP contribution < -0.4 is 9.32 Å². The maximum absolute atomic E-state index is 11.5. The van der Waals surface area contributed by atoms with Crippen molar-refractivity contribution in [2.24, 2.45) is 22.4 Å². The number of ether oxygens (including phenoxy) is 1. The molecule has 0 spiro atoms. The maximum Gasteiger partial charge on any atom is 0.380 e. The fourth-order valence-corrected chi connectivity index (χ4v) is 7.06. The van der Waals surface area contributed by atoms with E-state index >= 15 is 0 Å². The summed E-state index contributed by atoms with van der Waals surface area (Å²) in [5, 5.41) is 5.13. The number of nitrogens with two attached hydrogens (primary N) is 1. The van der Waals surface area contributed by atoms with E-state index in [0.717, 1.165) is 24.8 Å². The number of hydrogen-bond donors (Lipinski definition) is 1. The molecule has 1 aromatic rings. The minimum atomic E-state index is -4.01. The molecule has 3 aliphatic rings. The highest BCUT2D eigenvalue weighted by atomic mass is 32.2. The Morgan fingerprint density at radius 3 is 2.68 bits per heavy atom. The van der Waals surface area contributed by atoms with E-state index in [9.17, 15) is 8.42 Å². The molecule has 28 heavy (non-hydrogen) atoms. The highest BCUT2D eigenvalue weighted by Gasteiger charge is 2.53. The Kier molecular flexibility index (Phi) is 5.26. The van der Waals surface area contributed by atoms with Gasteiger partial charge >= 0.3 is 10.3 Å². The van der Waals surface area contributed by atoms with Crippen molar-refractivity contribution in [1.82, 2.24) is 0 Å². The highest BCUT2D eigenvalue weighted by molar-refractivity contribution is 7.84. The van der Waals surface area contributed by atoms with E-state index in [-0.39, 0.29) is 5.41 Å². The third-order valence-corrected chi connectivity index (χ3v) is 8.34. The van der Waals surface area contributed by atoms with E-state index in [1.165, 1.54) is 43.2 Å². The van der Waals surface area contributed by atoms with Crippen molar-refractivity contribution < 1.29 is 17.3 Å². The molecule has 0 heterocycles. The zero-order valence-electron chi connectivity index (χ0n) is 17.2. The molecule has 5 atom stereocenters. The van der Waals surface area contributed by atoms with Crippen LogP contribution in [0.4, 0.5) is 0 Å². The molecular weight excluding hydrogens is 374 g/mol. The van der Waals surface area contributed by atoms with Crippen LogP contribution in [-0.4, -0.2) is 21.6 Å². The summed E-state index contributed by atoms with van der Waals surface area (Å²) in [6, 6.07) is 4.13. The molecule has 3 unspecified atom stereocenters. The monoisotopic (exact) mass is 407 g/mol. The van der Waals surface area contributed by atoms with E-state index in [1.54, 1.807) is 0 Å². The Balaban J connectivity index is 1.69. The van der Waals surface area contributed by atoms with Gasteiger partial charge in [-0.15, -0.1) is 0 Å². The number of hydrogen-bond acceptors (Lipinski definition) is 4. The Labute approximate surface area is 169 Å². The Hall–Kier alpha value is -1.11. The molecule has 0 saturated heterocycles. The SMILES string of the molecule is CCc1cc2c(cc1OS(N)(=O)=O)CCC1C2CC[C@@]2(C)C1CCC[C@@H]2OC. The van der Waals surface area contributed by atoms with Crippen LogP contribution in [0.5, 0.6) is 5.75 Å². The molecule has 0 aliphatic heterocycles. The van der Waals surface area contributed by atoms with Crippen molar-refractivity contribution in [2.45, 2.75) is 77.2 Å². The fraction of sp³-hybridized carbons (Fsp3) is 0.727. The summed E-state index contributed by atoms with van der Waals surface area (Å²) in [4.78, 5) is 0. The van der Waals surface area contributed by atoms with Gasteiger partial charge in [-0.3, -0.25) is 0 Å². The lowest BCUT2D eigenvalue weighted by molar-refractivity contribution is -0.114. The van der Waals surface area contributed by atoms with Gasteiger partial charge in [0.15, 0.2) is 0 Å². The van der Waals surface area contributed by atoms with Gasteiger partial charge in [0.05, 0.1) is 6.10 Å². The first-order valence-corrected chi connectivity index (χ1v) is 12.1. The van der Waals surface area contributed by atoms with E-state index in [2.05, 4.69) is 13.0 Å². The molecular formula is C22H33NO4S. The molecule has 0 aromatic heterocycles. The molecule has 2 fully saturated rings. The number of fused-ring (bicyclic) bond motifs is 5. The van der Waals surface area contributed by atoms with Gasteiger partial charge in [-0.2, -0.15) is 13.6 Å². The van der Waals surface area contributed by atoms with Crippen molar-refractivity contribution in [3.8, 4) is 5.75 Å². The normalized spacial score (nSPS) is 34.9. The lowest BCUT2D eigenvalue weighted by Gasteiger charge is -2.57. The molecule has 2 N–H and O–H groups in total. The second kappa shape index (κ2) is 7.29.